The summed E-state index contributed by atoms with van der Waals surface area (Å²) < 4.78 is 5.42. The normalized spacial score (nSPS) is 20.1. The average Bonchev–Trinajstić information content (AvgIpc) is 2.89. The highest BCUT2D eigenvalue weighted by molar-refractivity contribution is 5.82. The Bertz CT molecular complexity index is 327. The smallest absolute Gasteiger partial charge is 0.308 e. The molecule has 2 atom stereocenters. The van der Waals surface area contributed by atoms with Gasteiger partial charge in [-0.2, -0.15) is 0 Å². The van der Waals surface area contributed by atoms with Gasteiger partial charge in [-0.05, 0) is 39.9 Å². The lowest BCUT2D eigenvalue weighted by atomic mass is 10.1. The van der Waals surface area contributed by atoms with Crippen LogP contribution in [-0.4, -0.2) is 73.2 Å². The maximum Gasteiger partial charge on any atom is 0.308 e. The summed E-state index contributed by atoms with van der Waals surface area (Å²) in [6.07, 6.45) is 2.09. The van der Waals surface area contributed by atoms with Gasteiger partial charge < -0.3 is 19.6 Å². The van der Waals surface area contributed by atoms with Gasteiger partial charge in [-0.25, -0.2) is 0 Å². The minimum Gasteiger partial charge on any atom is -0.481 e. The summed E-state index contributed by atoms with van der Waals surface area (Å²) >= 11 is 0. The molecule has 1 rings (SSSR count). The molecule has 0 aromatic carbocycles. The second-order valence-electron chi connectivity index (χ2n) is 5.68. The van der Waals surface area contributed by atoms with Crippen LogP contribution in [0.4, 0.5) is 0 Å². The zero-order valence-electron chi connectivity index (χ0n) is 12.7. The minimum absolute atomic E-state index is 0.0608. The molecule has 1 aliphatic heterocycles. The van der Waals surface area contributed by atoms with E-state index in [9.17, 15) is 9.59 Å². The summed E-state index contributed by atoms with van der Waals surface area (Å²) in [6.45, 7) is 3.95. The molecule has 1 heterocycles. The number of hydrogen-bond donors (Lipinski definition) is 1. The summed E-state index contributed by atoms with van der Waals surface area (Å²) in [5.74, 6) is -1.49. The fraction of sp³-hybridized carbons (Fsp3) is 0.857. The predicted octanol–water partition coefficient (Wildman–Crippen LogP) is 0.666. The summed E-state index contributed by atoms with van der Waals surface area (Å²) in [7, 11) is 3.96. The first-order valence-corrected chi connectivity index (χ1v) is 7.19. The monoisotopic (exact) mass is 286 g/mol. The van der Waals surface area contributed by atoms with Crippen LogP contribution in [-0.2, 0) is 14.3 Å². The van der Waals surface area contributed by atoms with Crippen LogP contribution in [0.3, 0.4) is 0 Å². The van der Waals surface area contributed by atoms with E-state index in [-0.39, 0.29) is 18.6 Å². The number of carbonyl (C=O) groups is 2. The van der Waals surface area contributed by atoms with E-state index in [1.807, 2.05) is 14.1 Å². The molecular weight excluding hydrogens is 260 g/mol. The molecule has 1 N–H and O–H groups in total. The third-order valence-electron chi connectivity index (χ3n) is 3.47. The van der Waals surface area contributed by atoms with E-state index in [2.05, 4.69) is 4.90 Å². The van der Waals surface area contributed by atoms with E-state index in [1.54, 1.807) is 11.8 Å². The second-order valence-corrected chi connectivity index (χ2v) is 5.68. The van der Waals surface area contributed by atoms with E-state index >= 15 is 0 Å². The molecule has 1 aliphatic rings. The molecule has 1 fully saturated rings. The van der Waals surface area contributed by atoms with E-state index in [0.717, 1.165) is 25.8 Å². The highest BCUT2D eigenvalue weighted by Gasteiger charge is 2.29. The number of hydrogen-bond acceptors (Lipinski definition) is 4. The lowest BCUT2D eigenvalue weighted by Crippen LogP contribution is -2.43. The van der Waals surface area contributed by atoms with Gasteiger partial charge in [0.1, 0.15) is 6.10 Å². The summed E-state index contributed by atoms with van der Waals surface area (Å²) in [5.41, 5.74) is 0. The van der Waals surface area contributed by atoms with Gasteiger partial charge in [0.15, 0.2) is 0 Å². The Morgan fingerprint density at radius 3 is 2.55 bits per heavy atom. The maximum absolute atomic E-state index is 12.4. The molecule has 0 aromatic rings. The van der Waals surface area contributed by atoms with Crippen molar-refractivity contribution in [2.24, 2.45) is 5.92 Å². The molecule has 2 unspecified atom stereocenters. The van der Waals surface area contributed by atoms with Crippen LogP contribution in [0.15, 0.2) is 0 Å². The maximum atomic E-state index is 12.4. The Balaban J connectivity index is 2.57. The van der Waals surface area contributed by atoms with Crippen molar-refractivity contribution in [1.29, 1.82) is 0 Å². The van der Waals surface area contributed by atoms with E-state index in [1.165, 1.54) is 0 Å². The van der Waals surface area contributed by atoms with Crippen LogP contribution in [0.1, 0.15) is 26.2 Å². The van der Waals surface area contributed by atoms with Gasteiger partial charge in [-0.15, -0.1) is 0 Å². The standard InChI is InChI=1S/C14H26N2O4/c1-11(14(18)19)10-16(8-5-7-15(2)3)13(17)12-6-4-9-20-12/h11-12H,4-10H2,1-3H3,(H,18,19). The molecule has 0 spiro atoms. The van der Waals surface area contributed by atoms with Gasteiger partial charge in [0.25, 0.3) is 5.91 Å². The summed E-state index contributed by atoms with van der Waals surface area (Å²) in [6, 6.07) is 0. The number of carbonyl (C=O) groups excluding carboxylic acids is 1. The topological polar surface area (TPSA) is 70.1 Å². The number of carboxylic acid groups (broad SMARTS) is 1. The minimum atomic E-state index is -0.872. The van der Waals surface area contributed by atoms with Crippen LogP contribution < -0.4 is 0 Å². The Labute approximate surface area is 120 Å². The van der Waals surface area contributed by atoms with Crippen molar-refractivity contribution in [3.05, 3.63) is 0 Å². The van der Waals surface area contributed by atoms with Crippen LogP contribution in [0, 0.1) is 5.92 Å². The molecule has 0 bridgehead atoms. The molecular formula is C14H26N2O4. The molecule has 6 nitrogen and oxygen atoms in total. The fourth-order valence-electron chi connectivity index (χ4n) is 2.25. The molecule has 116 valence electrons. The molecule has 0 radical (unpaired) electrons. The quantitative estimate of drug-likeness (QED) is 0.710. The molecule has 6 heteroatoms. The van der Waals surface area contributed by atoms with Crippen LogP contribution in [0.2, 0.25) is 0 Å². The average molecular weight is 286 g/mol. The van der Waals surface area contributed by atoms with Crippen molar-refractivity contribution >= 4 is 11.9 Å². The van der Waals surface area contributed by atoms with Gasteiger partial charge >= 0.3 is 5.97 Å². The number of aliphatic carboxylic acids is 1. The SMILES string of the molecule is CC(CN(CCCN(C)C)C(=O)C1CCCO1)C(=O)O. The molecule has 0 saturated carbocycles. The van der Waals surface area contributed by atoms with E-state index < -0.39 is 11.9 Å². The lowest BCUT2D eigenvalue weighted by molar-refractivity contribution is -0.146. The molecule has 1 saturated heterocycles. The van der Waals surface area contributed by atoms with E-state index in [4.69, 9.17) is 9.84 Å². The van der Waals surface area contributed by atoms with Crippen LogP contribution in [0.25, 0.3) is 0 Å². The lowest BCUT2D eigenvalue weighted by Gasteiger charge is -2.27. The third-order valence-corrected chi connectivity index (χ3v) is 3.47. The molecule has 1 amide bonds. The largest absolute Gasteiger partial charge is 0.481 e. The van der Waals surface area contributed by atoms with Crippen molar-refractivity contribution < 1.29 is 19.4 Å². The second kappa shape index (κ2) is 8.21. The van der Waals surface area contributed by atoms with Gasteiger partial charge in [0.2, 0.25) is 0 Å². The number of amides is 1. The molecule has 20 heavy (non-hydrogen) atoms. The Morgan fingerprint density at radius 2 is 2.05 bits per heavy atom. The summed E-state index contributed by atoms with van der Waals surface area (Å²) in [4.78, 5) is 27.1. The highest BCUT2D eigenvalue weighted by atomic mass is 16.5. The van der Waals surface area contributed by atoms with Crippen molar-refractivity contribution in [3.63, 3.8) is 0 Å². The highest BCUT2D eigenvalue weighted by Crippen LogP contribution is 2.16. The van der Waals surface area contributed by atoms with Gasteiger partial charge in [0, 0.05) is 19.7 Å². The van der Waals surface area contributed by atoms with Crippen molar-refractivity contribution in [2.75, 3.05) is 40.3 Å². The predicted molar refractivity (Wildman–Crippen MR) is 75.5 cm³/mol. The Hall–Kier alpha value is -1.14. The Kier molecular flexibility index (Phi) is 6.95. The van der Waals surface area contributed by atoms with Crippen LogP contribution in [0.5, 0.6) is 0 Å². The zero-order chi connectivity index (χ0) is 15.1. The first-order valence-electron chi connectivity index (χ1n) is 7.19. The van der Waals surface area contributed by atoms with Crippen LogP contribution >= 0.6 is 0 Å². The van der Waals surface area contributed by atoms with Crippen molar-refractivity contribution in [3.8, 4) is 0 Å². The van der Waals surface area contributed by atoms with Gasteiger partial charge in [0.05, 0.1) is 5.92 Å². The number of carboxylic acids is 1. The van der Waals surface area contributed by atoms with Crippen molar-refractivity contribution in [2.45, 2.75) is 32.3 Å². The Morgan fingerprint density at radius 1 is 1.35 bits per heavy atom. The fourth-order valence-corrected chi connectivity index (χ4v) is 2.25. The van der Waals surface area contributed by atoms with E-state index in [0.29, 0.717) is 13.2 Å². The summed E-state index contributed by atoms with van der Waals surface area (Å²) in [5, 5.41) is 9.01. The number of nitrogens with zero attached hydrogens (tertiary/aromatic N) is 2. The molecule has 0 aliphatic carbocycles. The van der Waals surface area contributed by atoms with Gasteiger partial charge in [-0.1, -0.05) is 6.92 Å². The zero-order valence-corrected chi connectivity index (χ0v) is 12.7. The first-order chi connectivity index (χ1) is 9.41. The number of ether oxygens (including phenoxy) is 1. The molecule has 0 aromatic heterocycles. The third kappa shape index (κ3) is 5.46. The first kappa shape index (κ1) is 16.9. The van der Waals surface area contributed by atoms with Crippen molar-refractivity contribution in [1.82, 2.24) is 9.80 Å². The number of rotatable bonds is 8. The van der Waals surface area contributed by atoms with Gasteiger partial charge in [-0.3, -0.25) is 9.59 Å².